The Bertz CT molecular complexity index is 915. The van der Waals surface area contributed by atoms with Crippen LogP contribution in [0.2, 0.25) is 0 Å². The molecule has 1 amide bonds. The lowest BCUT2D eigenvalue weighted by Crippen LogP contribution is -2.28. The number of hydrogen-bond acceptors (Lipinski definition) is 2. The normalized spacial score (nSPS) is 11.3. The van der Waals surface area contributed by atoms with Crippen molar-refractivity contribution in [3.05, 3.63) is 64.4 Å². The molecule has 0 aliphatic carbocycles. The molecule has 3 rings (SSSR count). The maximum atomic E-state index is 11.6. The highest BCUT2D eigenvalue weighted by molar-refractivity contribution is 9.10. The van der Waals surface area contributed by atoms with Gasteiger partial charge in [0.25, 0.3) is 0 Å². The van der Waals surface area contributed by atoms with Crippen LogP contribution < -0.4 is 5.32 Å². The Morgan fingerprint density at radius 2 is 1.82 bits per heavy atom. The Balaban J connectivity index is 1.62. The number of aryl methyl sites for hydroxylation is 1. The summed E-state index contributed by atoms with van der Waals surface area (Å²) in [5.41, 5.74) is 3.51. The van der Waals surface area contributed by atoms with Crippen molar-refractivity contribution in [3.63, 3.8) is 0 Å². The molecule has 28 heavy (non-hydrogen) atoms. The second-order valence-corrected chi connectivity index (χ2v) is 8.40. The first-order chi connectivity index (χ1) is 13.5. The molecule has 148 valence electrons. The molecular weight excluding hydrogens is 414 g/mol. The molecule has 0 radical (unpaired) electrons. The fourth-order valence-corrected chi connectivity index (χ4v) is 3.53. The highest BCUT2D eigenvalue weighted by Gasteiger charge is 2.11. The number of carbonyl (C=O) groups excluding carboxylic acids is 1. The van der Waals surface area contributed by atoms with E-state index < -0.39 is 0 Å². The summed E-state index contributed by atoms with van der Waals surface area (Å²) in [6.45, 7) is 5.43. The Kier molecular flexibility index (Phi) is 7.26. The van der Waals surface area contributed by atoms with E-state index in [1.54, 1.807) is 0 Å². The number of unbranched alkanes of at least 4 members (excludes halogenated alkanes) is 2. The summed E-state index contributed by atoms with van der Waals surface area (Å²) in [6, 6.07) is 16.8. The molecule has 0 atom stereocenters. The molecule has 0 aliphatic rings. The molecule has 0 spiro atoms. The highest BCUT2D eigenvalue weighted by atomic mass is 79.9. The van der Waals surface area contributed by atoms with Crippen molar-refractivity contribution in [2.75, 3.05) is 6.54 Å². The van der Waals surface area contributed by atoms with E-state index in [-0.39, 0.29) is 11.8 Å². The van der Waals surface area contributed by atoms with Crippen LogP contribution >= 0.6 is 15.9 Å². The smallest absolute Gasteiger partial charge is 0.222 e. The molecule has 0 aliphatic heterocycles. The van der Waals surface area contributed by atoms with Gasteiger partial charge in [-0.05, 0) is 42.7 Å². The van der Waals surface area contributed by atoms with Gasteiger partial charge in [0.05, 0.1) is 11.0 Å². The Labute approximate surface area is 175 Å². The van der Waals surface area contributed by atoms with Gasteiger partial charge in [-0.25, -0.2) is 4.98 Å². The summed E-state index contributed by atoms with van der Waals surface area (Å²) < 4.78 is 3.43. The Hall–Kier alpha value is -2.14. The molecule has 2 aromatic carbocycles. The zero-order valence-electron chi connectivity index (χ0n) is 16.6. The number of hydrogen-bond donors (Lipinski definition) is 1. The van der Waals surface area contributed by atoms with Crippen molar-refractivity contribution in [1.82, 2.24) is 14.9 Å². The number of para-hydroxylation sites is 2. The van der Waals surface area contributed by atoms with Crippen LogP contribution in [0, 0.1) is 5.92 Å². The van der Waals surface area contributed by atoms with Gasteiger partial charge in [-0.3, -0.25) is 4.79 Å². The second-order valence-electron chi connectivity index (χ2n) is 7.49. The third-order valence-electron chi connectivity index (χ3n) is 4.89. The Morgan fingerprint density at radius 1 is 1.07 bits per heavy atom. The zero-order chi connectivity index (χ0) is 19.9. The number of nitrogens with zero attached hydrogens (tertiary/aromatic N) is 2. The van der Waals surface area contributed by atoms with Crippen LogP contribution in [0.3, 0.4) is 0 Å². The van der Waals surface area contributed by atoms with Crippen LogP contribution in [0.15, 0.2) is 53.0 Å². The van der Waals surface area contributed by atoms with Gasteiger partial charge < -0.3 is 9.88 Å². The third-order valence-corrected chi connectivity index (χ3v) is 5.42. The van der Waals surface area contributed by atoms with E-state index in [1.807, 2.05) is 19.9 Å². The van der Waals surface area contributed by atoms with E-state index in [2.05, 4.69) is 68.3 Å². The lowest BCUT2D eigenvalue weighted by atomic mass is 10.1. The van der Waals surface area contributed by atoms with Gasteiger partial charge in [0.2, 0.25) is 5.91 Å². The van der Waals surface area contributed by atoms with Crippen molar-refractivity contribution in [3.8, 4) is 0 Å². The molecule has 0 saturated heterocycles. The first kappa shape index (κ1) is 20.6. The molecule has 0 unspecified atom stereocenters. The molecule has 1 heterocycles. The SMILES string of the molecule is CC(C)C(=O)NCCCCCc1nc2ccccc2n1Cc1ccc(Br)cc1. The van der Waals surface area contributed by atoms with Crippen LogP contribution in [0.4, 0.5) is 0 Å². The molecule has 4 nitrogen and oxygen atoms in total. The van der Waals surface area contributed by atoms with Crippen molar-refractivity contribution in [2.24, 2.45) is 5.92 Å². The molecule has 3 aromatic rings. The molecule has 0 bridgehead atoms. The number of imidazole rings is 1. The van der Waals surface area contributed by atoms with E-state index in [4.69, 9.17) is 4.98 Å². The minimum Gasteiger partial charge on any atom is -0.356 e. The van der Waals surface area contributed by atoms with Crippen LogP contribution in [-0.2, 0) is 17.8 Å². The van der Waals surface area contributed by atoms with E-state index in [1.165, 1.54) is 11.1 Å². The number of amides is 1. The first-order valence-electron chi connectivity index (χ1n) is 10.0. The molecule has 0 saturated carbocycles. The van der Waals surface area contributed by atoms with Gasteiger partial charge in [0.1, 0.15) is 5.82 Å². The largest absolute Gasteiger partial charge is 0.356 e. The number of fused-ring (bicyclic) bond motifs is 1. The van der Waals surface area contributed by atoms with Crippen molar-refractivity contribution in [2.45, 2.75) is 46.1 Å². The molecule has 5 heteroatoms. The maximum Gasteiger partial charge on any atom is 0.222 e. The maximum absolute atomic E-state index is 11.6. The standard InChI is InChI=1S/C23H28BrN3O/c1-17(2)23(28)25-15-7-3-4-10-22-26-20-8-5-6-9-21(20)27(22)16-18-11-13-19(24)14-12-18/h5-6,8-9,11-14,17H,3-4,7,10,15-16H2,1-2H3,(H,25,28). The summed E-state index contributed by atoms with van der Waals surface area (Å²) >= 11 is 3.50. The predicted molar refractivity (Wildman–Crippen MR) is 118 cm³/mol. The van der Waals surface area contributed by atoms with Gasteiger partial charge in [-0.1, -0.05) is 60.5 Å². The molecule has 1 N–H and O–H groups in total. The van der Waals surface area contributed by atoms with Crippen LogP contribution in [0.25, 0.3) is 11.0 Å². The fourth-order valence-electron chi connectivity index (χ4n) is 3.27. The first-order valence-corrected chi connectivity index (χ1v) is 10.8. The van der Waals surface area contributed by atoms with E-state index >= 15 is 0 Å². The monoisotopic (exact) mass is 441 g/mol. The highest BCUT2D eigenvalue weighted by Crippen LogP contribution is 2.20. The van der Waals surface area contributed by atoms with Gasteiger partial charge in [0, 0.05) is 29.9 Å². The van der Waals surface area contributed by atoms with Crippen molar-refractivity contribution in [1.29, 1.82) is 0 Å². The lowest BCUT2D eigenvalue weighted by Gasteiger charge is -2.10. The van der Waals surface area contributed by atoms with Gasteiger partial charge in [0.15, 0.2) is 0 Å². The van der Waals surface area contributed by atoms with Crippen LogP contribution in [0.1, 0.15) is 44.5 Å². The van der Waals surface area contributed by atoms with Crippen molar-refractivity contribution >= 4 is 32.9 Å². The van der Waals surface area contributed by atoms with Gasteiger partial charge in [-0.2, -0.15) is 0 Å². The summed E-state index contributed by atoms with van der Waals surface area (Å²) in [4.78, 5) is 16.5. The molecular formula is C23H28BrN3O. The van der Waals surface area contributed by atoms with E-state index in [9.17, 15) is 4.79 Å². The number of carbonyl (C=O) groups is 1. The minimum absolute atomic E-state index is 0.0542. The van der Waals surface area contributed by atoms with E-state index in [0.29, 0.717) is 0 Å². The average molecular weight is 442 g/mol. The number of nitrogens with one attached hydrogen (secondary N) is 1. The predicted octanol–water partition coefficient (Wildman–Crippen LogP) is 5.33. The Morgan fingerprint density at radius 3 is 2.57 bits per heavy atom. The van der Waals surface area contributed by atoms with E-state index in [0.717, 1.165) is 54.6 Å². The molecule has 0 fully saturated rings. The fraction of sp³-hybridized carbons (Fsp3) is 0.391. The summed E-state index contributed by atoms with van der Waals surface area (Å²) in [5, 5.41) is 2.99. The van der Waals surface area contributed by atoms with Crippen LogP contribution in [0.5, 0.6) is 0 Å². The van der Waals surface area contributed by atoms with Gasteiger partial charge in [-0.15, -0.1) is 0 Å². The minimum atomic E-state index is 0.0542. The molecule has 1 aromatic heterocycles. The topological polar surface area (TPSA) is 46.9 Å². The summed E-state index contributed by atoms with van der Waals surface area (Å²) in [5.74, 6) is 1.32. The summed E-state index contributed by atoms with van der Waals surface area (Å²) in [7, 11) is 0. The lowest BCUT2D eigenvalue weighted by molar-refractivity contribution is -0.123. The number of benzene rings is 2. The van der Waals surface area contributed by atoms with Gasteiger partial charge >= 0.3 is 0 Å². The number of rotatable bonds is 9. The quantitative estimate of drug-likeness (QED) is 0.455. The summed E-state index contributed by atoms with van der Waals surface area (Å²) in [6.07, 6.45) is 4.11. The second kappa shape index (κ2) is 9.87. The van der Waals surface area contributed by atoms with Crippen molar-refractivity contribution < 1.29 is 4.79 Å². The zero-order valence-corrected chi connectivity index (χ0v) is 18.2. The average Bonchev–Trinajstić information content (AvgIpc) is 3.03. The third kappa shape index (κ3) is 5.44. The number of aromatic nitrogens is 2. The number of halogens is 1. The van der Waals surface area contributed by atoms with Crippen LogP contribution in [-0.4, -0.2) is 22.0 Å².